The Morgan fingerprint density at radius 3 is 2.39 bits per heavy atom. The molecule has 1 aromatic carbocycles. The van der Waals surface area contributed by atoms with E-state index in [9.17, 15) is 16.8 Å². The highest BCUT2D eigenvalue weighted by Gasteiger charge is 2.39. The van der Waals surface area contributed by atoms with Crippen LogP contribution in [0.5, 0.6) is 0 Å². The number of nitrogens with zero attached hydrogens (tertiary/aromatic N) is 4. The molecule has 5 rings (SSSR count). The van der Waals surface area contributed by atoms with Crippen LogP contribution < -0.4 is 10.2 Å². The summed E-state index contributed by atoms with van der Waals surface area (Å²) >= 11 is 0. The van der Waals surface area contributed by atoms with Gasteiger partial charge in [0.1, 0.15) is 12.1 Å². The van der Waals surface area contributed by atoms with E-state index in [1.54, 1.807) is 30.3 Å². The molecule has 0 atom stereocenters. The number of aromatic nitrogens is 3. The largest absolute Gasteiger partial charge is 0.356 e. The third-order valence-corrected chi connectivity index (χ3v) is 10.8. The number of fused-ring (bicyclic) bond motifs is 1. The van der Waals surface area contributed by atoms with Crippen LogP contribution in [0.25, 0.3) is 11.0 Å². The van der Waals surface area contributed by atoms with Crippen molar-refractivity contribution >= 4 is 36.7 Å². The summed E-state index contributed by atoms with van der Waals surface area (Å²) in [5, 5.41) is 3.42. The van der Waals surface area contributed by atoms with Gasteiger partial charge in [-0.2, -0.15) is 0 Å². The van der Waals surface area contributed by atoms with Crippen molar-refractivity contribution in [3.05, 3.63) is 48.4 Å². The molecule has 1 N–H and O–H groups in total. The molecule has 0 spiro atoms. The second kappa shape index (κ2) is 8.07. The Morgan fingerprint density at radius 2 is 1.76 bits per heavy atom. The lowest BCUT2D eigenvalue weighted by Gasteiger charge is -2.42. The number of benzene rings is 1. The first-order chi connectivity index (χ1) is 15.7. The molecule has 33 heavy (non-hydrogen) atoms. The summed E-state index contributed by atoms with van der Waals surface area (Å²) in [6.45, 7) is 3.02. The molecule has 1 saturated carbocycles. The molecule has 2 fully saturated rings. The summed E-state index contributed by atoms with van der Waals surface area (Å²) in [6, 6.07) is 8.58. The molecule has 3 aromatic rings. The number of aryl methyl sites for hydroxylation is 1. The molecule has 11 heteroatoms. The molecule has 2 aliphatic rings. The lowest BCUT2D eigenvalue weighted by molar-refractivity contribution is 0.281. The fraction of sp³-hybridized carbons (Fsp3) is 0.455. The second-order valence-corrected chi connectivity index (χ2v) is 13.2. The predicted molar refractivity (Wildman–Crippen MR) is 127 cm³/mol. The average Bonchev–Trinajstić information content (AvgIpc) is 3.13. The maximum atomic E-state index is 13.2. The monoisotopic (exact) mass is 489 g/mol. The molecule has 1 aliphatic heterocycles. The lowest BCUT2D eigenvalue weighted by atomic mass is 9.81. The quantitative estimate of drug-likeness (QED) is 0.532. The number of hydrogen-bond acceptors (Lipinski definition) is 8. The van der Waals surface area contributed by atoms with Crippen LogP contribution in [0.15, 0.2) is 47.8 Å². The number of hydrogen-bond donors (Lipinski definition) is 1. The van der Waals surface area contributed by atoms with Gasteiger partial charge in [-0.3, -0.25) is 0 Å². The van der Waals surface area contributed by atoms with Crippen LogP contribution in [0.2, 0.25) is 0 Å². The first kappa shape index (κ1) is 22.3. The molecule has 0 unspecified atom stereocenters. The zero-order valence-electron chi connectivity index (χ0n) is 18.5. The Labute approximate surface area is 193 Å². The Kier molecular flexibility index (Phi) is 5.45. The SMILES string of the molecule is Cc1ccc(S(=O)(=O)n2ccc3c(N(C)[C@H]4C[C@H](CS(=O)(=O)C5CNC5)C4)ncnc32)cc1. The first-order valence-electron chi connectivity index (χ1n) is 11.0. The maximum Gasteiger partial charge on any atom is 0.269 e. The fourth-order valence-electron chi connectivity index (χ4n) is 4.52. The van der Waals surface area contributed by atoms with E-state index in [1.165, 1.54) is 16.5 Å². The van der Waals surface area contributed by atoms with Crippen LogP contribution in [-0.2, 0) is 19.9 Å². The van der Waals surface area contributed by atoms with Gasteiger partial charge in [-0.05, 0) is 43.9 Å². The summed E-state index contributed by atoms with van der Waals surface area (Å²) in [6.07, 6.45) is 4.42. The molecule has 0 amide bonds. The summed E-state index contributed by atoms with van der Waals surface area (Å²) in [5.74, 6) is 1.02. The maximum absolute atomic E-state index is 13.2. The smallest absolute Gasteiger partial charge is 0.269 e. The van der Waals surface area contributed by atoms with E-state index in [0.717, 1.165) is 18.4 Å². The molecule has 3 heterocycles. The highest BCUT2D eigenvalue weighted by Crippen LogP contribution is 2.37. The van der Waals surface area contributed by atoms with Crippen molar-refractivity contribution in [2.24, 2.45) is 5.92 Å². The Morgan fingerprint density at radius 1 is 1.06 bits per heavy atom. The van der Waals surface area contributed by atoms with Gasteiger partial charge < -0.3 is 10.2 Å². The van der Waals surface area contributed by atoms with Gasteiger partial charge in [0.05, 0.1) is 21.3 Å². The number of sulfone groups is 1. The summed E-state index contributed by atoms with van der Waals surface area (Å²) in [4.78, 5) is 10.9. The normalized spacial score (nSPS) is 21.5. The van der Waals surface area contributed by atoms with E-state index in [0.29, 0.717) is 29.9 Å². The summed E-state index contributed by atoms with van der Waals surface area (Å²) in [5.41, 5.74) is 1.30. The number of nitrogens with one attached hydrogen (secondary N) is 1. The van der Waals surface area contributed by atoms with Crippen LogP contribution in [-0.4, -0.2) is 68.0 Å². The van der Waals surface area contributed by atoms with E-state index in [4.69, 9.17) is 0 Å². The van der Waals surface area contributed by atoms with Crippen molar-refractivity contribution in [2.75, 3.05) is 30.8 Å². The van der Waals surface area contributed by atoms with Gasteiger partial charge in [-0.15, -0.1) is 0 Å². The predicted octanol–water partition coefficient (Wildman–Crippen LogP) is 1.58. The van der Waals surface area contributed by atoms with E-state index >= 15 is 0 Å². The van der Waals surface area contributed by atoms with Gasteiger partial charge in [0, 0.05) is 32.4 Å². The van der Waals surface area contributed by atoms with Crippen LogP contribution in [0.4, 0.5) is 5.82 Å². The van der Waals surface area contributed by atoms with Crippen molar-refractivity contribution in [3.8, 4) is 0 Å². The van der Waals surface area contributed by atoms with E-state index in [2.05, 4.69) is 15.3 Å². The topological polar surface area (TPSA) is 114 Å². The lowest BCUT2D eigenvalue weighted by Crippen LogP contribution is -2.54. The zero-order chi connectivity index (χ0) is 23.4. The van der Waals surface area contributed by atoms with Crippen LogP contribution in [0, 0.1) is 12.8 Å². The van der Waals surface area contributed by atoms with Crippen molar-refractivity contribution < 1.29 is 16.8 Å². The minimum Gasteiger partial charge on any atom is -0.356 e. The number of rotatable bonds is 7. The third-order valence-electron chi connectivity index (χ3n) is 6.82. The van der Waals surface area contributed by atoms with Crippen LogP contribution in [0.1, 0.15) is 18.4 Å². The van der Waals surface area contributed by atoms with E-state index in [1.807, 2.05) is 18.9 Å². The summed E-state index contributed by atoms with van der Waals surface area (Å²) < 4.78 is 52.4. The zero-order valence-corrected chi connectivity index (χ0v) is 20.2. The van der Waals surface area contributed by atoms with Crippen molar-refractivity contribution in [1.82, 2.24) is 19.3 Å². The van der Waals surface area contributed by atoms with Gasteiger partial charge in [0.25, 0.3) is 10.0 Å². The Balaban J connectivity index is 1.36. The van der Waals surface area contributed by atoms with Crippen LogP contribution >= 0.6 is 0 Å². The van der Waals surface area contributed by atoms with Crippen molar-refractivity contribution in [2.45, 2.75) is 36.0 Å². The highest BCUT2D eigenvalue weighted by molar-refractivity contribution is 7.92. The van der Waals surface area contributed by atoms with E-state index < -0.39 is 19.9 Å². The highest BCUT2D eigenvalue weighted by atomic mass is 32.2. The van der Waals surface area contributed by atoms with Crippen LogP contribution in [0.3, 0.4) is 0 Å². The molecule has 2 aromatic heterocycles. The third kappa shape index (κ3) is 3.91. The van der Waals surface area contributed by atoms with Gasteiger partial charge in [-0.1, -0.05) is 17.7 Å². The first-order valence-corrected chi connectivity index (χ1v) is 14.1. The second-order valence-electron chi connectivity index (χ2n) is 9.08. The Bertz CT molecular complexity index is 1390. The van der Waals surface area contributed by atoms with Crippen molar-refractivity contribution in [3.63, 3.8) is 0 Å². The molecule has 9 nitrogen and oxygen atoms in total. The summed E-state index contributed by atoms with van der Waals surface area (Å²) in [7, 11) is -4.93. The molecule has 0 bridgehead atoms. The standard InChI is InChI=1S/C22H27N5O4S2/c1-15-3-5-18(6-4-15)33(30,31)27-8-7-20-21(24-14-25-22(20)27)26(2)17-9-16(10-17)13-32(28,29)19-11-23-12-19/h3-8,14,16-17,19,23H,9-13H2,1-2H3/t16-,17-. The molecule has 176 valence electrons. The van der Waals surface area contributed by atoms with E-state index in [-0.39, 0.29) is 27.9 Å². The molecular formula is C22H27N5O4S2. The minimum atomic E-state index is -3.79. The molecule has 1 aliphatic carbocycles. The molecule has 1 saturated heterocycles. The Hall–Kier alpha value is -2.50. The van der Waals surface area contributed by atoms with Gasteiger partial charge in [-0.25, -0.2) is 30.8 Å². The van der Waals surface area contributed by atoms with Gasteiger partial charge in [0.2, 0.25) is 0 Å². The number of anilines is 1. The van der Waals surface area contributed by atoms with Crippen molar-refractivity contribution in [1.29, 1.82) is 0 Å². The minimum absolute atomic E-state index is 0.145. The van der Waals surface area contributed by atoms with Gasteiger partial charge in [0.15, 0.2) is 15.5 Å². The molecular weight excluding hydrogens is 462 g/mol. The average molecular weight is 490 g/mol. The molecule has 0 radical (unpaired) electrons. The van der Waals surface area contributed by atoms with Gasteiger partial charge >= 0.3 is 0 Å². The fourth-order valence-corrected chi connectivity index (χ4v) is 7.77.